The number of Topliss-reactive ketones (excluding diaryl/α,β-unsaturated/α-hetero) is 1. The van der Waals surface area contributed by atoms with Crippen LogP contribution >= 0.6 is 0 Å². The molecule has 0 spiro atoms. The second kappa shape index (κ2) is 4.87. The summed E-state index contributed by atoms with van der Waals surface area (Å²) in [7, 11) is 0. The molecule has 0 aliphatic rings. The second-order valence-electron chi connectivity index (χ2n) is 3.89. The molecular weight excluding hydrogens is 217 g/mol. The predicted octanol–water partition coefficient (Wildman–Crippen LogP) is 2.95. The maximum absolute atomic E-state index is 13.6. The van der Waals surface area contributed by atoms with E-state index in [2.05, 4.69) is 4.98 Å². The van der Waals surface area contributed by atoms with Crippen molar-refractivity contribution in [1.29, 1.82) is 0 Å². The Morgan fingerprint density at radius 2 is 2.12 bits per heavy atom. The molecule has 0 fully saturated rings. The molecule has 1 aromatic heterocycles. The number of carbonyl (C=O) groups excluding carboxylic acids is 1. The molecule has 0 amide bonds. The number of pyridine rings is 1. The van der Waals surface area contributed by atoms with Crippen LogP contribution in [0.3, 0.4) is 0 Å². The Kier molecular flexibility index (Phi) is 3.28. The first-order valence-electron chi connectivity index (χ1n) is 5.35. The van der Waals surface area contributed by atoms with Gasteiger partial charge in [-0.05, 0) is 30.2 Å². The number of ketones is 1. The van der Waals surface area contributed by atoms with E-state index < -0.39 is 5.82 Å². The standard InChI is InChI=1S/C14H12FNO/c1-10-4-2-6-12(15)14(10)13(17)8-11-5-3-7-16-9-11/h2-7,9H,8H2,1H3. The fraction of sp³-hybridized carbons (Fsp3) is 0.143. The summed E-state index contributed by atoms with van der Waals surface area (Å²) in [5.41, 5.74) is 1.63. The lowest BCUT2D eigenvalue weighted by atomic mass is 9.99. The van der Waals surface area contributed by atoms with E-state index in [0.717, 1.165) is 5.56 Å². The van der Waals surface area contributed by atoms with Crippen LogP contribution in [0.25, 0.3) is 0 Å². The molecule has 0 atom stereocenters. The number of aryl methyl sites for hydroxylation is 1. The van der Waals surface area contributed by atoms with E-state index in [0.29, 0.717) is 5.56 Å². The van der Waals surface area contributed by atoms with Gasteiger partial charge in [-0.2, -0.15) is 0 Å². The van der Waals surface area contributed by atoms with E-state index in [1.54, 1.807) is 43.6 Å². The Hall–Kier alpha value is -2.03. The van der Waals surface area contributed by atoms with Gasteiger partial charge in [-0.15, -0.1) is 0 Å². The SMILES string of the molecule is Cc1cccc(F)c1C(=O)Cc1cccnc1. The van der Waals surface area contributed by atoms with Gasteiger partial charge in [-0.3, -0.25) is 9.78 Å². The average molecular weight is 229 g/mol. The summed E-state index contributed by atoms with van der Waals surface area (Å²) < 4.78 is 13.6. The number of hydrogen-bond donors (Lipinski definition) is 0. The molecule has 2 rings (SSSR count). The summed E-state index contributed by atoms with van der Waals surface area (Å²) in [6.45, 7) is 1.74. The first-order valence-corrected chi connectivity index (χ1v) is 5.35. The molecule has 2 aromatic rings. The minimum Gasteiger partial charge on any atom is -0.294 e. The zero-order valence-electron chi connectivity index (χ0n) is 9.48. The van der Waals surface area contributed by atoms with Gasteiger partial charge < -0.3 is 0 Å². The molecule has 3 heteroatoms. The molecule has 0 N–H and O–H groups in total. The topological polar surface area (TPSA) is 30.0 Å². The summed E-state index contributed by atoms with van der Waals surface area (Å²) in [5, 5.41) is 0. The smallest absolute Gasteiger partial charge is 0.170 e. The highest BCUT2D eigenvalue weighted by Gasteiger charge is 2.14. The Labute approximate surface area is 99.1 Å². The molecule has 0 aliphatic heterocycles. The summed E-state index contributed by atoms with van der Waals surface area (Å²) in [5.74, 6) is -0.674. The molecule has 0 aliphatic carbocycles. The fourth-order valence-electron chi connectivity index (χ4n) is 1.76. The first kappa shape index (κ1) is 11.5. The highest BCUT2D eigenvalue weighted by molar-refractivity contribution is 5.98. The minimum absolute atomic E-state index is 0.176. The Morgan fingerprint density at radius 1 is 1.29 bits per heavy atom. The Balaban J connectivity index is 2.27. The van der Waals surface area contributed by atoms with Crippen LogP contribution in [-0.4, -0.2) is 10.8 Å². The van der Waals surface area contributed by atoms with Crippen molar-refractivity contribution in [2.45, 2.75) is 13.3 Å². The fourth-order valence-corrected chi connectivity index (χ4v) is 1.76. The third kappa shape index (κ3) is 2.56. The molecule has 0 saturated carbocycles. The highest BCUT2D eigenvalue weighted by Crippen LogP contribution is 2.15. The van der Waals surface area contributed by atoms with E-state index in [1.165, 1.54) is 6.07 Å². The van der Waals surface area contributed by atoms with Crippen molar-refractivity contribution >= 4 is 5.78 Å². The number of rotatable bonds is 3. The van der Waals surface area contributed by atoms with Crippen molar-refractivity contribution < 1.29 is 9.18 Å². The summed E-state index contributed by atoms with van der Waals surface area (Å²) in [6.07, 6.45) is 3.44. The van der Waals surface area contributed by atoms with E-state index in [9.17, 15) is 9.18 Å². The Bertz CT molecular complexity index is 517. The van der Waals surface area contributed by atoms with Crippen LogP contribution in [0.4, 0.5) is 4.39 Å². The van der Waals surface area contributed by atoms with Crippen molar-refractivity contribution in [1.82, 2.24) is 4.98 Å². The van der Waals surface area contributed by atoms with Crippen LogP contribution in [0.2, 0.25) is 0 Å². The molecule has 1 heterocycles. The summed E-state index contributed by atoms with van der Waals surface area (Å²) in [6, 6.07) is 8.21. The largest absolute Gasteiger partial charge is 0.294 e. The van der Waals surface area contributed by atoms with Crippen LogP contribution in [0.15, 0.2) is 42.7 Å². The molecule has 86 valence electrons. The van der Waals surface area contributed by atoms with Gasteiger partial charge in [0, 0.05) is 18.8 Å². The third-order valence-electron chi connectivity index (χ3n) is 2.59. The maximum Gasteiger partial charge on any atom is 0.170 e. The van der Waals surface area contributed by atoms with Crippen molar-refractivity contribution in [3.05, 3.63) is 65.2 Å². The highest BCUT2D eigenvalue weighted by atomic mass is 19.1. The molecule has 0 bridgehead atoms. The van der Waals surface area contributed by atoms with Crippen LogP contribution in [-0.2, 0) is 6.42 Å². The van der Waals surface area contributed by atoms with Crippen LogP contribution in [0.5, 0.6) is 0 Å². The van der Waals surface area contributed by atoms with E-state index in [1.807, 2.05) is 0 Å². The van der Waals surface area contributed by atoms with E-state index in [-0.39, 0.29) is 17.8 Å². The van der Waals surface area contributed by atoms with Gasteiger partial charge in [-0.25, -0.2) is 4.39 Å². The molecular formula is C14H12FNO. The quantitative estimate of drug-likeness (QED) is 0.757. The monoisotopic (exact) mass is 229 g/mol. The van der Waals surface area contributed by atoms with E-state index >= 15 is 0 Å². The number of hydrogen-bond acceptors (Lipinski definition) is 2. The minimum atomic E-state index is -0.459. The van der Waals surface area contributed by atoms with Crippen LogP contribution in [0.1, 0.15) is 21.5 Å². The van der Waals surface area contributed by atoms with Gasteiger partial charge in [0.05, 0.1) is 5.56 Å². The molecule has 2 nitrogen and oxygen atoms in total. The number of nitrogens with zero attached hydrogens (tertiary/aromatic N) is 1. The Morgan fingerprint density at radius 3 is 2.76 bits per heavy atom. The predicted molar refractivity (Wildman–Crippen MR) is 63.4 cm³/mol. The normalized spacial score (nSPS) is 10.2. The van der Waals surface area contributed by atoms with Gasteiger partial charge in [0.2, 0.25) is 0 Å². The van der Waals surface area contributed by atoms with E-state index in [4.69, 9.17) is 0 Å². The second-order valence-corrected chi connectivity index (χ2v) is 3.89. The van der Waals surface area contributed by atoms with Gasteiger partial charge in [-0.1, -0.05) is 18.2 Å². The molecule has 0 saturated heterocycles. The first-order chi connectivity index (χ1) is 8.18. The van der Waals surface area contributed by atoms with Crippen LogP contribution < -0.4 is 0 Å². The lowest BCUT2D eigenvalue weighted by Crippen LogP contribution is -2.08. The average Bonchev–Trinajstić information content (AvgIpc) is 2.30. The number of benzene rings is 1. The maximum atomic E-state index is 13.6. The zero-order valence-corrected chi connectivity index (χ0v) is 9.48. The van der Waals surface area contributed by atoms with Gasteiger partial charge in [0.1, 0.15) is 5.82 Å². The van der Waals surface area contributed by atoms with Gasteiger partial charge in [0.25, 0.3) is 0 Å². The van der Waals surface area contributed by atoms with Gasteiger partial charge in [0.15, 0.2) is 5.78 Å². The summed E-state index contributed by atoms with van der Waals surface area (Å²) in [4.78, 5) is 15.9. The number of aromatic nitrogens is 1. The van der Waals surface area contributed by atoms with Crippen molar-refractivity contribution in [2.75, 3.05) is 0 Å². The van der Waals surface area contributed by atoms with Crippen molar-refractivity contribution in [3.8, 4) is 0 Å². The summed E-state index contributed by atoms with van der Waals surface area (Å²) >= 11 is 0. The van der Waals surface area contributed by atoms with Crippen LogP contribution in [0, 0.1) is 12.7 Å². The number of carbonyl (C=O) groups is 1. The lowest BCUT2D eigenvalue weighted by molar-refractivity contribution is 0.0988. The lowest BCUT2D eigenvalue weighted by Gasteiger charge is -2.05. The molecule has 1 aromatic carbocycles. The number of halogens is 1. The third-order valence-corrected chi connectivity index (χ3v) is 2.59. The molecule has 17 heavy (non-hydrogen) atoms. The van der Waals surface area contributed by atoms with Crippen molar-refractivity contribution in [2.24, 2.45) is 0 Å². The van der Waals surface area contributed by atoms with Gasteiger partial charge >= 0.3 is 0 Å². The van der Waals surface area contributed by atoms with Crippen molar-refractivity contribution in [3.63, 3.8) is 0 Å². The molecule has 0 radical (unpaired) electrons. The molecule has 0 unspecified atom stereocenters. The zero-order chi connectivity index (χ0) is 12.3.